The van der Waals surface area contributed by atoms with Gasteiger partial charge in [0.15, 0.2) is 0 Å². The van der Waals surface area contributed by atoms with Gasteiger partial charge in [0.1, 0.15) is 17.1 Å². The summed E-state index contributed by atoms with van der Waals surface area (Å²) in [6, 6.07) is 8.73. The summed E-state index contributed by atoms with van der Waals surface area (Å²) in [5.41, 5.74) is -0.655. The van der Waals surface area contributed by atoms with Gasteiger partial charge in [0.2, 0.25) is 0 Å². The molecule has 2 aliphatic heterocycles. The number of fused-ring (bicyclic) bond motifs is 1. The van der Waals surface area contributed by atoms with Crippen LogP contribution in [-0.2, 0) is 20.9 Å². The minimum Gasteiger partial charge on any atom is -0.480 e. The molecule has 1 aromatic carbocycles. The molecule has 2 saturated heterocycles. The van der Waals surface area contributed by atoms with Gasteiger partial charge >= 0.3 is 11.9 Å². The second-order valence-electron chi connectivity index (χ2n) is 8.28. The number of carbonyl (C=O) groups excluding carboxylic acids is 1. The van der Waals surface area contributed by atoms with Crippen molar-refractivity contribution < 1.29 is 19.4 Å². The van der Waals surface area contributed by atoms with Crippen molar-refractivity contribution in [3.8, 4) is 0 Å². The first-order valence-electron chi connectivity index (χ1n) is 9.22. The summed E-state index contributed by atoms with van der Waals surface area (Å²) in [4.78, 5) is 27.4. The number of benzene rings is 1. The van der Waals surface area contributed by atoms with Gasteiger partial charge in [-0.2, -0.15) is 0 Å². The lowest BCUT2D eigenvalue weighted by Crippen LogP contribution is -2.65. The molecule has 0 amide bonds. The number of esters is 1. The molecule has 2 aliphatic rings. The molecule has 6 nitrogen and oxygen atoms in total. The molecule has 0 spiro atoms. The number of carboxylic acids is 1. The highest BCUT2D eigenvalue weighted by Gasteiger charge is 2.62. The summed E-state index contributed by atoms with van der Waals surface area (Å²) in [6.45, 7) is 7.23. The molecule has 0 unspecified atom stereocenters. The first-order valence-corrected chi connectivity index (χ1v) is 9.22. The SMILES string of the molecule is CC(C)(C)OC(=O)[C@]12CCN[C@H]1CCN(Cc1ccccc1)[C@@H]2C(=O)O. The van der Waals surface area contributed by atoms with Gasteiger partial charge in [-0.3, -0.25) is 14.5 Å². The topological polar surface area (TPSA) is 78.9 Å². The van der Waals surface area contributed by atoms with Crippen LogP contribution in [0.4, 0.5) is 0 Å². The number of aliphatic carboxylic acids is 1. The molecule has 3 rings (SSSR count). The second-order valence-corrected chi connectivity index (χ2v) is 8.28. The Hall–Kier alpha value is -1.92. The van der Waals surface area contributed by atoms with Gasteiger partial charge in [0, 0.05) is 19.1 Å². The van der Waals surface area contributed by atoms with Crippen LogP contribution in [-0.4, -0.2) is 52.7 Å². The van der Waals surface area contributed by atoms with Crippen LogP contribution < -0.4 is 5.32 Å². The number of likely N-dealkylation sites (tertiary alicyclic amines) is 1. The number of hydrogen-bond donors (Lipinski definition) is 2. The first-order chi connectivity index (χ1) is 12.2. The van der Waals surface area contributed by atoms with Crippen LogP contribution in [0.15, 0.2) is 30.3 Å². The number of hydrogen-bond acceptors (Lipinski definition) is 5. The van der Waals surface area contributed by atoms with Crippen LogP contribution in [0, 0.1) is 5.41 Å². The number of ether oxygens (including phenoxy) is 1. The Labute approximate surface area is 154 Å². The largest absolute Gasteiger partial charge is 0.480 e. The third-order valence-corrected chi connectivity index (χ3v) is 5.35. The lowest BCUT2D eigenvalue weighted by atomic mass is 9.69. The number of rotatable bonds is 4. The zero-order valence-electron chi connectivity index (χ0n) is 15.7. The summed E-state index contributed by atoms with van der Waals surface area (Å²) >= 11 is 0. The van der Waals surface area contributed by atoms with E-state index in [0.29, 0.717) is 26.1 Å². The van der Waals surface area contributed by atoms with E-state index in [4.69, 9.17) is 4.74 Å². The maximum Gasteiger partial charge on any atom is 0.322 e. The number of carbonyl (C=O) groups is 2. The smallest absolute Gasteiger partial charge is 0.322 e. The molecule has 2 heterocycles. The van der Waals surface area contributed by atoms with Gasteiger partial charge in [0.25, 0.3) is 0 Å². The predicted molar refractivity (Wildman–Crippen MR) is 97.6 cm³/mol. The van der Waals surface area contributed by atoms with E-state index in [1.54, 1.807) is 0 Å². The zero-order chi connectivity index (χ0) is 18.9. The number of nitrogens with zero attached hydrogens (tertiary/aromatic N) is 1. The van der Waals surface area contributed by atoms with Crippen LogP contribution in [0.25, 0.3) is 0 Å². The summed E-state index contributed by atoms with van der Waals surface area (Å²) in [7, 11) is 0. The monoisotopic (exact) mass is 360 g/mol. The minimum absolute atomic E-state index is 0.162. The van der Waals surface area contributed by atoms with Gasteiger partial charge in [0.05, 0.1) is 0 Å². The fraction of sp³-hybridized carbons (Fsp3) is 0.600. The third kappa shape index (κ3) is 3.48. The molecular formula is C20H28N2O4. The van der Waals surface area contributed by atoms with Gasteiger partial charge < -0.3 is 15.2 Å². The minimum atomic E-state index is -1.05. The maximum atomic E-state index is 13.2. The number of carboxylic acid groups (broad SMARTS) is 1. The van der Waals surface area contributed by atoms with Crippen molar-refractivity contribution in [3.05, 3.63) is 35.9 Å². The van der Waals surface area contributed by atoms with E-state index in [-0.39, 0.29) is 6.04 Å². The summed E-state index contributed by atoms with van der Waals surface area (Å²) in [5.74, 6) is -1.36. The first kappa shape index (κ1) is 18.9. The van der Waals surface area contributed by atoms with Crippen molar-refractivity contribution >= 4 is 11.9 Å². The Morgan fingerprint density at radius 2 is 2.00 bits per heavy atom. The van der Waals surface area contributed by atoms with Crippen molar-refractivity contribution in [2.24, 2.45) is 5.41 Å². The summed E-state index contributed by atoms with van der Waals surface area (Å²) < 4.78 is 5.69. The van der Waals surface area contributed by atoms with Crippen molar-refractivity contribution in [2.75, 3.05) is 13.1 Å². The van der Waals surface area contributed by atoms with E-state index in [9.17, 15) is 14.7 Å². The van der Waals surface area contributed by atoms with Gasteiger partial charge in [-0.25, -0.2) is 0 Å². The fourth-order valence-corrected chi connectivity index (χ4v) is 4.34. The molecule has 26 heavy (non-hydrogen) atoms. The molecular weight excluding hydrogens is 332 g/mol. The Kier molecular flexibility index (Phi) is 5.08. The Bertz CT molecular complexity index is 670. The number of nitrogens with one attached hydrogen (secondary N) is 1. The van der Waals surface area contributed by atoms with E-state index in [2.05, 4.69) is 5.32 Å². The molecule has 1 aromatic rings. The van der Waals surface area contributed by atoms with Crippen molar-refractivity contribution in [1.82, 2.24) is 10.2 Å². The summed E-state index contributed by atoms with van der Waals surface area (Å²) in [5, 5.41) is 13.4. The van der Waals surface area contributed by atoms with Gasteiger partial charge in [-0.05, 0) is 45.7 Å². The predicted octanol–water partition coefficient (Wildman–Crippen LogP) is 2.04. The van der Waals surface area contributed by atoms with Crippen molar-refractivity contribution in [2.45, 2.75) is 57.8 Å². The molecule has 0 aliphatic carbocycles. The van der Waals surface area contributed by atoms with Gasteiger partial charge in [-0.1, -0.05) is 30.3 Å². The Morgan fingerprint density at radius 3 is 2.62 bits per heavy atom. The zero-order valence-corrected chi connectivity index (χ0v) is 15.7. The molecule has 0 bridgehead atoms. The van der Waals surface area contributed by atoms with E-state index in [1.807, 2.05) is 56.0 Å². The van der Waals surface area contributed by atoms with Crippen LogP contribution >= 0.6 is 0 Å². The standard InChI is InChI=1S/C20H28N2O4/c1-19(2,3)26-18(25)20-10-11-21-15(20)9-12-22(16(20)17(23)24)13-14-7-5-4-6-8-14/h4-8,15-16,21H,9-13H2,1-3H3,(H,23,24)/t15-,16+,20+/m0/s1. The summed E-state index contributed by atoms with van der Waals surface area (Å²) in [6.07, 6.45) is 1.21. The van der Waals surface area contributed by atoms with E-state index < -0.39 is 29.0 Å². The molecule has 3 atom stereocenters. The Balaban J connectivity index is 1.95. The van der Waals surface area contributed by atoms with Crippen LogP contribution in [0.5, 0.6) is 0 Å². The molecule has 0 aromatic heterocycles. The highest BCUT2D eigenvalue weighted by molar-refractivity contribution is 5.88. The van der Waals surface area contributed by atoms with Crippen molar-refractivity contribution in [3.63, 3.8) is 0 Å². The van der Waals surface area contributed by atoms with Crippen LogP contribution in [0.1, 0.15) is 39.2 Å². The molecule has 2 fully saturated rings. The molecule has 142 valence electrons. The highest BCUT2D eigenvalue weighted by atomic mass is 16.6. The van der Waals surface area contributed by atoms with E-state index in [0.717, 1.165) is 12.0 Å². The molecule has 0 saturated carbocycles. The van der Waals surface area contributed by atoms with Crippen molar-refractivity contribution in [1.29, 1.82) is 0 Å². The normalized spacial score (nSPS) is 29.2. The van der Waals surface area contributed by atoms with Gasteiger partial charge in [-0.15, -0.1) is 0 Å². The molecule has 6 heteroatoms. The van der Waals surface area contributed by atoms with E-state index >= 15 is 0 Å². The van der Waals surface area contributed by atoms with E-state index in [1.165, 1.54) is 0 Å². The lowest BCUT2D eigenvalue weighted by Gasteiger charge is -2.48. The second kappa shape index (κ2) is 7.00. The highest BCUT2D eigenvalue weighted by Crippen LogP contribution is 2.45. The van der Waals surface area contributed by atoms with Crippen LogP contribution in [0.3, 0.4) is 0 Å². The molecule has 0 radical (unpaired) electrons. The average Bonchev–Trinajstić information content (AvgIpc) is 2.98. The van der Waals surface area contributed by atoms with Crippen LogP contribution in [0.2, 0.25) is 0 Å². The Morgan fingerprint density at radius 1 is 1.31 bits per heavy atom. The number of piperidine rings is 1. The lowest BCUT2D eigenvalue weighted by molar-refractivity contribution is -0.183. The maximum absolute atomic E-state index is 13.2. The fourth-order valence-electron chi connectivity index (χ4n) is 4.34. The third-order valence-electron chi connectivity index (χ3n) is 5.35. The quantitative estimate of drug-likeness (QED) is 0.800. The molecule has 2 N–H and O–H groups in total. The average molecular weight is 360 g/mol.